The third kappa shape index (κ3) is 3.21. The van der Waals surface area contributed by atoms with E-state index in [4.69, 9.17) is 17.4 Å². The van der Waals surface area contributed by atoms with E-state index in [2.05, 4.69) is 5.43 Å². The van der Waals surface area contributed by atoms with Crippen LogP contribution in [0.1, 0.15) is 5.56 Å². The molecule has 0 aromatic heterocycles. The van der Waals surface area contributed by atoms with Crippen molar-refractivity contribution >= 4 is 11.6 Å². The third-order valence-electron chi connectivity index (χ3n) is 1.89. The summed E-state index contributed by atoms with van der Waals surface area (Å²) in [5.41, 5.74) is 2.86. The summed E-state index contributed by atoms with van der Waals surface area (Å²) in [6.45, 7) is 0. The Morgan fingerprint density at radius 2 is 1.86 bits per heavy atom. The Bertz CT molecular complexity index is 277. The number of hydrogen-bond acceptors (Lipinski definition) is 2. The molecule has 1 unspecified atom stereocenters. The molecule has 0 heterocycles. The van der Waals surface area contributed by atoms with Crippen molar-refractivity contribution in [2.24, 2.45) is 5.84 Å². The van der Waals surface area contributed by atoms with Crippen molar-refractivity contribution in [2.75, 3.05) is 0 Å². The minimum absolute atomic E-state index is 0.186. The molecule has 0 fully saturated rings. The molecular formula is C9H11ClF2N2. The van der Waals surface area contributed by atoms with Gasteiger partial charge in [-0.3, -0.25) is 11.3 Å². The lowest BCUT2D eigenvalue weighted by Crippen LogP contribution is -2.42. The number of benzene rings is 1. The first-order chi connectivity index (χ1) is 6.63. The van der Waals surface area contributed by atoms with E-state index in [9.17, 15) is 8.78 Å². The number of alkyl halides is 2. The smallest absolute Gasteiger partial charge is 0.255 e. The Morgan fingerprint density at radius 1 is 1.29 bits per heavy atom. The van der Waals surface area contributed by atoms with Gasteiger partial charge in [-0.2, -0.15) is 0 Å². The zero-order chi connectivity index (χ0) is 10.6. The van der Waals surface area contributed by atoms with E-state index >= 15 is 0 Å². The Kier molecular flexibility index (Phi) is 4.25. The van der Waals surface area contributed by atoms with E-state index in [1.54, 1.807) is 24.3 Å². The molecule has 1 aromatic carbocycles. The summed E-state index contributed by atoms with van der Waals surface area (Å²) < 4.78 is 24.6. The second-order valence-corrected chi connectivity index (χ2v) is 3.37. The van der Waals surface area contributed by atoms with E-state index in [0.717, 1.165) is 5.56 Å². The second-order valence-electron chi connectivity index (χ2n) is 2.94. The average molecular weight is 221 g/mol. The first kappa shape index (κ1) is 11.4. The van der Waals surface area contributed by atoms with Gasteiger partial charge in [-0.1, -0.05) is 23.7 Å². The van der Waals surface area contributed by atoms with Gasteiger partial charge >= 0.3 is 0 Å². The van der Waals surface area contributed by atoms with Crippen LogP contribution in [0.15, 0.2) is 24.3 Å². The highest BCUT2D eigenvalue weighted by Crippen LogP contribution is 2.13. The van der Waals surface area contributed by atoms with Crippen LogP contribution in [-0.4, -0.2) is 12.5 Å². The monoisotopic (exact) mass is 220 g/mol. The summed E-state index contributed by atoms with van der Waals surface area (Å²) in [7, 11) is 0. The van der Waals surface area contributed by atoms with Gasteiger partial charge in [-0.15, -0.1) is 0 Å². The standard InChI is InChI=1S/C9H11ClF2N2/c10-7-3-1-6(2-4-7)5-8(14-13)9(11)12/h1-4,8-9,14H,5,13H2. The summed E-state index contributed by atoms with van der Waals surface area (Å²) in [5.74, 6) is 5.00. The van der Waals surface area contributed by atoms with Gasteiger partial charge in [-0.25, -0.2) is 8.78 Å². The predicted octanol–water partition coefficient (Wildman–Crippen LogP) is 1.98. The molecular weight excluding hydrogens is 210 g/mol. The van der Waals surface area contributed by atoms with E-state index in [0.29, 0.717) is 5.02 Å². The second kappa shape index (κ2) is 5.24. The van der Waals surface area contributed by atoms with Crippen molar-refractivity contribution in [3.05, 3.63) is 34.9 Å². The summed E-state index contributed by atoms with van der Waals surface area (Å²) >= 11 is 5.66. The van der Waals surface area contributed by atoms with E-state index in [-0.39, 0.29) is 6.42 Å². The van der Waals surface area contributed by atoms with Crippen molar-refractivity contribution in [2.45, 2.75) is 18.9 Å². The number of hydrazine groups is 1. The maximum absolute atomic E-state index is 12.3. The first-order valence-corrected chi connectivity index (χ1v) is 4.50. The van der Waals surface area contributed by atoms with Crippen LogP contribution in [-0.2, 0) is 6.42 Å². The zero-order valence-corrected chi connectivity index (χ0v) is 8.14. The van der Waals surface area contributed by atoms with Crippen LogP contribution in [0, 0.1) is 0 Å². The highest BCUT2D eigenvalue weighted by molar-refractivity contribution is 6.30. The molecule has 0 aliphatic rings. The van der Waals surface area contributed by atoms with Gasteiger partial charge in [0.25, 0.3) is 6.43 Å². The molecule has 0 aliphatic carbocycles. The number of hydrogen-bond donors (Lipinski definition) is 2. The summed E-state index contributed by atoms with van der Waals surface area (Å²) in [4.78, 5) is 0. The largest absolute Gasteiger partial charge is 0.271 e. The Balaban J connectivity index is 2.63. The van der Waals surface area contributed by atoms with Gasteiger partial charge in [0, 0.05) is 5.02 Å². The van der Waals surface area contributed by atoms with Crippen molar-refractivity contribution in [1.82, 2.24) is 5.43 Å². The molecule has 1 rings (SSSR count). The molecule has 14 heavy (non-hydrogen) atoms. The summed E-state index contributed by atoms with van der Waals surface area (Å²) in [5, 5.41) is 0.586. The molecule has 0 aliphatic heterocycles. The van der Waals surface area contributed by atoms with Crippen LogP contribution in [0.5, 0.6) is 0 Å². The Hall–Kier alpha value is -0.710. The lowest BCUT2D eigenvalue weighted by Gasteiger charge is -2.14. The molecule has 0 saturated carbocycles. The Morgan fingerprint density at radius 3 is 2.29 bits per heavy atom. The van der Waals surface area contributed by atoms with Crippen LogP contribution in [0.4, 0.5) is 8.78 Å². The average Bonchev–Trinajstić information content (AvgIpc) is 2.16. The maximum atomic E-state index is 12.3. The number of nitrogens with two attached hydrogens (primary N) is 1. The summed E-state index contributed by atoms with van der Waals surface area (Å²) in [6.07, 6.45) is -2.29. The normalized spacial score (nSPS) is 13.2. The molecule has 78 valence electrons. The highest BCUT2D eigenvalue weighted by atomic mass is 35.5. The molecule has 1 atom stereocenters. The van der Waals surface area contributed by atoms with Gasteiger partial charge in [0.15, 0.2) is 0 Å². The quantitative estimate of drug-likeness (QED) is 0.602. The van der Waals surface area contributed by atoms with Gasteiger partial charge < -0.3 is 0 Å². The van der Waals surface area contributed by atoms with E-state index in [1.807, 2.05) is 0 Å². The lowest BCUT2D eigenvalue weighted by atomic mass is 10.1. The first-order valence-electron chi connectivity index (χ1n) is 4.12. The lowest BCUT2D eigenvalue weighted by molar-refractivity contribution is 0.0984. The fraction of sp³-hybridized carbons (Fsp3) is 0.333. The van der Waals surface area contributed by atoms with Crippen molar-refractivity contribution in [3.63, 3.8) is 0 Å². The SMILES string of the molecule is NNC(Cc1ccc(Cl)cc1)C(F)F. The minimum Gasteiger partial charge on any atom is -0.271 e. The predicted molar refractivity (Wildman–Crippen MR) is 52.3 cm³/mol. The fourth-order valence-electron chi connectivity index (χ4n) is 1.10. The molecule has 2 nitrogen and oxygen atoms in total. The van der Waals surface area contributed by atoms with Gasteiger partial charge in [0.1, 0.15) is 0 Å². The van der Waals surface area contributed by atoms with Crippen LogP contribution in [0.2, 0.25) is 5.02 Å². The third-order valence-corrected chi connectivity index (χ3v) is 2.14. The van der Waals surface area contributed by atoms with Crippen molar-refractivity contribution in [1.29, 1.82) is 0 Å². The fourth-order valence-corrected chi connectivity index (χ4v) is 1.22. The van der Waals surface area contributed by atoms with Crippen molar-refractivity contribution in [3.8, 4) is 0 Å². The molecule has 0 spiro atoms. The van der Waals surface area contributed by atoms with Crippen molar-refractivity contribution < 1.29 is 8.78 Å². The maximum Gasteiger partial charge on any atom is 0.255 e. The molecule has 0 amide bonds. The van der Waals surface area contributed by atoms with Crippen LogP contribution in [0.3, 0.4) is 0 Å². The Labute approximate surface area is 86.0 Å². The van der Waals surface area contributed by atoms with Gasteiger partial charge in [0.2, 0.25) is 0 Å². The number of halogens is 3. The zero-order valence-electron chi connectivity index (χ0n) is 7.38. The molecule has 0 saturated heterocycles. The van der Waals surface area contributed by atoms with Crippen LogP contribution in [0.25, 0.3) is 0 Å². The minimum atomic E-state index is -2.48. The highest BCUT2D eigenvalue weighted by Gasteiger charge is 2.18. The molecule has 0 bridgehead atoms. The van der Waals surface area contributed by atoms with E-state index < -0.39 is 12.5 Å². The molecule has 3 N–H and O–H groups in total. The van der Waals surface area contributed by atoms with Crippen LogP contribution < -0.4 is 11.3 Å². The molecule has 5 heteroatoms. The number of nitrogens with one attached hydrogen (secondary N) is 1. The van der Waals surface area contributed by atoms with E-state index in [1.165, 1.54) is 0 Å². The molecule has 1 aromatic rings. The van der Waals surface area contributed by atoms with Gasteiger partial charge in [-0.05, 0) is 24.1 Å². The molecule has 0 radical (unpaired) electrons. The van der Waals surface area contributed by atoms with Crippen LogP contribution >= 0.6 is 11.6 Å². The van der Waals surface area contributed by atoms with Gasteiger partial charge in [0.05, 0.1) is 6.04 Å². The number of rotatable bonds is 4. The topological polar surface area (TPSA) is 38.0 Å². The summed E-state index contributed by atoms with van der Waals surface area (Å²) in [6, 6.07) is 5.71.